The number of para-hydroxylation sites is 1. The Morgan fingerprint density at radius 2 is 1.93 bits per heavy atom. The van der Waals surface area contributed by atoms with E-state index in [1.807, 2.05) is 59.2 Å². The smallest absolute Gasteiger partial charge is 0.140 e. The number of hydrogen-bond acceptors (Lipinski definition) is 3. The maximum absolute atomic E-state index is 9.84. The van der Waals surface area contributed by atoms with Gasteiger partial charge in [0, 0.05) is 11.3 Å². The van der Waals surface area contributed by atoms with E-state index in [1.54, 1.807) is 13.4 Å². The number of benzene rings is 3. The Morgan fingerprint density at radius 1 is 1.07 bits per heavy atom. The van der Waals surface area contributed by atoms with Crippen LogP contribution in [0.4, 0.5) is 0 Å². The van der Waals surface area contributed by atoms with Crippen LogP contribution in [0.25, 0.3) is 27.8 Å². The Labute approximate surface area is 157 Å². The van der Waals surface area contributed by atoms with Gasteiger partial charge in [0.2, 0.25) is 0 Å². The normalized spacial score (nSPS) is 11.9. The van der Waals surface area contributed by atoms with Crippen molar-refractivity contribution >= 4 is 11.0 Å². The van der Waals surface area contributed by atoms with E-state index in [1.165, 1.54) is 0 Å². The lowest BCUT2D eigenvalue weighted by atomic mass is 10.0. The van der Waals surface area contributed by atoms with Crippen molar-refractivity contribution in [3.05, 3.63) is 78.6 Å². The topological polar surface area (TPSA) is 47.3 Å². The second-order valence-electron chi connectivity index (χ2n) is 6.18. The Bertz CT molecular complexity index is 1150. The standard InChI is InChI=1S/C23H18N2O2/c1-3-22(26)17-11-12-21-20(14-17)24-15-25(21)18-8-6-7-16(13-18)19-9-4-5-10-23(19)27-2/h1,4-15,22,26H,2H3. The summed E-state index contributed by atoms with van der Waals surface area (Å²) in [6.45, 7) is 0. The van der Waals surface area contributed by atoms with E-state index in [2.05, 4.69) is 23.0 Å². The maximum Gasteiger partial charge on any atom is 0.140 e. The number of fused-ring (bicyclic) bond motifs is 1. The van der Waals surface area contributed by atoms with Gasteiger partial charge in [-0.05, 0) is 41.5 Å². The molecule has 1 aromatic heterocycles. The van der Waals surface area contributed by atoms with Crippen LogP contribution in [0.2, 0.25) is 0 Å². The van der Waals surface area contributed by atoms with Gasteiger partial charge in [0.15, 0.2) is 0 Å². The van der Waals surface area contributed by atoms with E-state index >= 15 is 0 Å². The number of ether oxygens (including phenoxy) is 1. The monoisotopic (exact) mass is 354 g/mol. The number of hydrogen-bond donors (Lipinski definition) is 1. The lowest BCUT2D eigenvalue weighted by Gasteiger charge is -2.11. The third-order valence-corrected chi connectivity index (χ3v) is 4.59. The molecular weight excluding hydrogens is 336 g/mol. The first-order chi connectivity index (χ1) is 13.2. The largest absolute Gasteiger partial charge is 0.496 e. The molecule has 132 valence electrons. The van der Waals surface area contributed by atoms with Crippen molar-refractivity contribution in [2.45, 2.75) is 6.10 Å². The molecule has 0 fully saturated rings. The van der Waals surface area contributed by atoms with Crippen LogP contribution in [0.3, 0.4) is 0 Å². The van der Waals surface area contributed by atoms with Crippen molar-refractivity contribution < 1.29 is 9.84 Å². The summed E-state index contributed by atoms with van der Waals surface area (Å²) in [5.41, 5.74) is 5.48. The van der Waals surface area contributed by atoms with Gasteiger partial charge in [-0.3, -0.25) is 4.57 Å². The van der Waals surface area contributed by atoms with Crippen LogP contribution in [0.5, 0.6) is 5.75 Å². The lowest BCUT2D eigenvalue weighted by molar-refractivity contribution is 0.239. The third-order valence-electron chi connectivity index (χ3n) is 4.59. The summed E-state index contributed by atoms with van der Waals surface area (Å²) in [5, 5.41) is 9.84. The highest BCUT2D eigenvalue weighted by Gasteiger charge is 2.11. The minimum atomic E-state index is -0.923. The zero-order valence-corrected chi connectivity index (χ0v) is 14.8. The number of nitrogens with zero attached hydrogens (tertiary/aromatic N) is 2. The van der Waals surface area contributed by atoms with Crippen LogP contribution in [-0.2, 0) is 0 Å². The molecule has 27 heavy (non-hydrogen) atoms. The van der Waals surface area contributed by atoms with Crippen LogP contribution in [0.15, 0.2) is 73.1 Å². The Kier molecular flexibility index (Phi) is 4.37. The van der Waals surface area contributed by atoms with Gasteiger partial charge < -0.3 is 9.84 Å². The molecule has 0 aliphatic heterocycles. The fraction of sp³-hybridized carbons (Fsp3) is 0.0870. The van der Waals surface area contributed by atoms with Crippen LogP contribution >= 0.6 is 0 Å². The number of aliphatic hydroxyl groups is 1. The van der Waals surface area contributed by atoms with E-state index in [9.17, 15) is 5.11 Å². The molecule has 0 aliphatic rings. The van der Waals surface area contributed by atoms with Crippen LogP contribution < -0.4 is 4.74 Å². The number of aromatic nitrogens is 2. The summed E-state index contributed by atoms with van der Waals surface area (Å²) in [5.74, 6) is 3.16. The fourth-order valence-corrected chi connectivity index (χ4v) is 3.21. The van der Waals surface area contributed by atoms with Crippen molar-refractivity contribution in [2.24, 2.45) is 0 Å². The van der Waals surface area contributed by atoms with Crippen molar-refractivity contribution in [1.82, 2.24) is 9.55 Å². The predicted octanol–water partition coefficient (Wildman–Crippen LogP) is 4.37. The molecule has 1 heterocycles. The molecule has 4 nitrogen and oxygen atoms in total. The number of rotatable bonds is 4. The molecule has 0 spiro atoms. The Morgan fingerprint density at radius 3 is 2.74 bits per heavy atom. The summed E-state index contributed by atoms with van der Waals surface area (Å²) in [4.78, 5) is 4.47. The average Bonchev–Trinajstić information content (AvgIpc) is 3.16. The molecule has 1 atom stereocenters. The highest BCUT2D eigenvalue weighted by Crippen LogP contribution is 2.31. The van der Waals surface area contributed by atoms with Crippen LogP contribution in [0.1, 0.15) is 11.7 Å². The van der Waals surface area contributed by atoms with E-state index in [0.717, 1.165) is 33.6 Å². The fourth-order valence-electron chi connectivity index (χ4n) is 3.21. The first-order valence-corrected chi connectivity index (χ1v) is 8.56. The first kappa shape index (κ1) is 16.9. The van der Waals surface area contributed by atoms with Gasteiger partial charge in [-0.15, -0.1) is 6.42 Å². The van der Waals surface area contributed by atoms with Gasteiger partial charge in [0.05, 0.1) is 18.1 Å². The van der Waals surface area contributed by atoms with Crippen molar-refractivity contribution in [2.75, 3.05) is 7.11 Å². The van der Waals surface area contributed by atoms with Crippen LogP contribution in [-0.4, -0.2) is 21.8 Å². The molecule has 0 aliphatic carbocycles. The highest BCUT2D eigenvalue weighted by molar-refractivity contribution is 5.79. The number of aliphatic hydroxyl groups excluding tert-OH is 1. The van der Waals surface area contributed by atoms with E-state index < -0.39 is 6.10 Å². The van der Waals surface area contributed by atoms with Gasteiger partial charge in [-0.2, -0.15) is 0 Å². The Hall–Kier alpha value is -3.55. The molecule has 3 aromatic carbocycles. The maximum atomic E-state index is 9.84. The molecule has 0 radical (unpaired) electrons. The number of terminal acetylenes is 1. The Balaban J connectivity index is 1.80. The third kappa shape index (κ3) is 3.05. The lowest BCUT2D eigenvalue weighted by Crippen LogP contribution is -1.95. The average molecular weight is 354 g/mol. The minimum Gasteiger partial charge on any atom is -0.496 e. The van der Waals surface area contributed by atoms with Gasteiger partial charge in [0.25, 0.3) is 0 Å². The number of methoxy groups -OCH3 is 1. The molecule has 4 rings (SSSR count). The second kappa shape index (κ2) is 6.99. The summed E-state index contributed by atoms with van der Waals surface area (Å²) < 4.78 is 7.50. The van der Waals surface area contributed by atoms with Crippen molar-refractivity contribution in [1.29, 1.82) is 0 Å². The highest BCUT2D eigenvalue weighted by atomic mass is 16.5. The molecule has 0 saturated carbocycles. The predicted molar refractivity (Wildman–Crippen MR) is 107 cm³/mol. The zero-order valence-electron chi connectivity index (χ0n) is 14.8. The SMILES string of the molecule is C#CC(O)c1ccc2c(c1)ncn2-c1cccc(-c2ccccc2OC)c1. The van der Waals surface area contributed by atoms with Gasteiger partial charge in [-0.25, -0.2) is 4.98 Å². The van der Waals surface area contributed by atoms with Crippen molar-refractivity contribution in [3.63, 3.8) is 0 Å². The van der Waals surface area contributed by atoms with Gasteiger partial charge >= 0.3 is 0 Å². The molecular formula is C23H18N2O2. The summed E-state index contributed by atoms with van der Waals surface area (Å²) in [6.07, 6.45) is 6.16. The van der Waals surface area contributed by atoms with E-state index in [4.69, 9.17) is 11.2 Å². The summed E-state index contributed by atoms with van der Waals surface area (Å²) >= 11 is 0. The first-order valence-electron chi connectivity index (χ1n) is 8.56. The molecule has 4 aromatic rings. The minimum absolute atomic E-state index is 0.665. The zero-order chi connectivity index (χ0) is 18.8. The number of imidazole rings is 1. The molecule has 4 heteroatoms. The quantitative estimate of drug-likeness (QED) is 0.554. The van der Waals surface area contributed by atoms with E-state index in [0.29, 0.717) is 5.56 Å². The molecule has 1 unspecified atom stereocenters. The van der Waals surface area contributed by atoms with Gasteiger partial charge in [-0.1, -0.05) is 42.3 Å². The summed E-state index contributed by atoms with van der Waals surface area (Å²) in [7, 11) is 1.67. The van der Waals surface area contributed by atoms with Crippen molar-refractivity contribution in [3.8, 4) is 34.9 Å². The van der Waals surface area contributed by atoms with Crippen LogP contribution in [0, 0.1) is 12.3 Å². The second-order valence-corrected chi connectivity index (χ2v) is 6.18. The molecule has 0 amide bonds. The molecule has 0 bridgehead atoms. The molecule has 1 N–H and O–H groups in total. The van der Waals surface area contributed by atoms with E-state index in [-0.39, 0.29) is 0 Å². The summed E-state index contributed by atoms with van der Waals surface area (Å²) in [6, 6.07) is 21.7. The molecule has 0 saturated heterocycles. The van der Waals surface area contributed by atoms with Gasteiger partial charge in [0.1, 0.15) is 18.2 Å².